The van der Waals surface area contributed by atoms with Crippen molar-refractivity contribution in [1.29, 1.82) is 0 Å². The van der Waals surface area contributed by atoms with Gasteiger partial charge in [-0.15, -0.1) is 0 Å². The number of esters is 1. The summed E-state index contributed by atoms with van der Waals surface area (Å²) < 4.78 is 16.6. The van der Waals surface area contributed by atoms with Crippen molar-refractivity contribution < 1.29 is 43.9 Å². The average Bonchev–Trinajstić information content (AvgIpc) is 3.23. The van der Waals surface area contributed by atoms with Gasteiger partial charge < -0.3 is 34.8 Å². The molecule has 1 amide bonds. The molecule has 1 aliphatic carbocycles. The number of fused-ring (bicyclic) bond motifs is 1. The lowest BCUT2D eigenvalue weighted by atomic mass is 9.62. The Kier molecular flexibility index (Phi) is 8.72. The first-order valence-electron chi connectivity index (χ1n) is 15.0. The average molecular weight is 630 g/mol. The number of phenolic OH excluding ortho intramolecular Hbond substituents is 1. The Morgan fingerprint density at radius 3 is 2.35 bits per heavy atom. The number of anilines is 1. The first-order valence-corrected chi connectivity index (χ1v) is 15.0. The second-order valence-electron chi connectivity index (χ2n) is 12.2. The van der Waals surface area contributed by atoms with Crippen molar-refractivity contribution in [3.8, 4) is 11.5 Å². The Labute approximate surface area is 267 Å². The maximum atomic E-state index is 14.1. The molecule has 0 bridgehead atoms. The molecule has 0 spiro atoms. The first-order chi connectivity index (χ1) is 21.8. The second-order valence-corrected chi connectivity index (χ2v) is 12.2. The van der Waals surface area contributed by atoms with Gasteiger partial charge in [-0.2, -0.15) is 0 Å². The number of aromatic hydroxyl groups is 1. The van der Waals surface area contributed by atoms with Crippen LogP contribution in [0.25, 0.3) is 0 Å². The molecule has 4 N–H and O–H groups in total. The smallest absolute Gasteiger partial charge is 0.338 e. The van der Waals surface area contributed by atoms with Gasteiger partial charge in [-0.3, -0.25) is 9.59 Å². The van der Waals surface area contributed by atoms with Crippen LogP contribution in [0.15, 0.2) is 83.7 Å². The van der Waals surface area contributed by atoms with E-state index in [9.17, 15) is 29.7 Å². The van der Waals surface area contributed by atoms with Crippen LogP contribution in [0.4, 0.5) is 5.69 Å². The van der Waals surface area contributed by atoms with Gasteiger partial charge in [0.05, 0.1) is 23.9 Å². The molecule has 5 rings (SSSR count). The number of ketones is 1. The van der Waals surface area contributed by atoms with Crippen LogP contribution in [-0.2, 0) is 29.5 Å². The number of carbonyl (C=O) groups excluding carboxylic acids is 3. The van der Waals surface area contributed by atoms with E-state index in [2.05, 4.69) is 5.32 Å². The number of rotatable bonds is 8. The van der Waals surface area contributed by atoms with Crippen LogP contribution in [0.2, 0.25) is 0 Å². The predicted octanol–water partition coefficient (Wildman–Crippen LogP) is 5.12. The van der Waals surface area contributed by atoms with Crippen molar-refractivity contribution in [2.24, 2.45) is 11.8 Å². The molecular weight excluding hydrogens is 590 g/mol. The van der Waals surface area contributed by atoms with Crippen molar-refractivity contribution in [3.05, 3.63) is 100 Å². The lowest BCUT2D eigenvalue weighted by Gasteiger charge is -2.44. The molecule has 0 saturated heterocycles. The number of aliphatic hydroxyl groups is 2. The van der Waals surface area contributed by atoms with Crippen LogP contribution in [-0.4, -0.2) is 58.9 Å². The summed E-state index contributed by atoms with van der Waals surface area (Å²) >= 11 is 0. The monoisotopic (exact) mass is 629 g/mol. The molecule has 10 nitrogen and oxygen atoms in total. The van der Waals surface area contributed by atoms with Crippen LogP contribution >= 0.6 is 0 Å². The summed E-state index contributed by atoms with van der Waals surface area (Å²) in [6.45, 7) is 6.76. The normalized spacial score (nSPS) is 29.5. The number of methoxy groups -OCH3 is 2. The zero-order valence-corrected chi connectivity index (χ0v) is 26.7. The number of amides is 1. The van der Waals surface area contributed by atoms with Gasteiger partial charge in [0.25, 0.3) is 5.91 Å². The molecule has 0 saturated carbocycles. The maximum Gasteiger partial charge on any atom is 0.338 e. The summed E-state index contributed by atoms with van der Waals surface area (Å²) in [6, 6.07) is 9.61. The molecule has 0 aromatic heterocycles. The molecule has 6 atom stereocenters. The van der Waals surface area contributed by atoms with E-state index in [0.717, 1.165) is 5.57 Å². The van der Waals surface area contributed by atoms with Crippen molar-refractivity contribution in [2.45, 2.75) is 57.3 Å². The highest BCUT2D eigenvalue weighted by Crippen LogP contribution is 2.55. The predicted molar refractivity (Wildman–Crippen MR) is 170 cm³/mol. The van der Waals surface area contributed by atoms with Crippen LogP contribution in [0.1, 0.15) is 56.7 Å². The topological polar surface area (TPSA) is 152 Å². The Morgan fingerprint density at radius 1 is 1.07 bits per heavy atom. The number of hydrogen-bond acceptors (Lipinski definition) is 9. The third-order valence-electron chi connectivity index (χ3n) is 9.45. The van der Waals surface area contributed by atoms with E-state index in [4.69, 9.17) is 14.2 Å². The van der Waals surface area contributed by atoms with Crippen LogP contribution in [0.5, 0.6) is 11.5 Å². The molecule has 2 aromatic carbocycles. The molecule has 6 unspecified atom stereocenters. The lowest BCUT2D eigenvalue weighted by Crippen LogP contribution is -2.53. The van der Waals surface area contributed by atoms with Gasteiger partial charge in [0, 0.05) is 30.4 Å². The number of allylic oxidation sites excluding steroid dienone is 6. The fraction of sp³-hybridized carbons (Fsp3) is 0.361. The van der Waals surface area contributed by atoms with Crippen molar-refractivity contribution in [1.82, 2.24) is 0 Å². The molecule has 242 valence electrons. The van der Waals surface area contributed by atoms with E-state index < -0.39 is 46.9 Å². The lowest BCUT2D eigenvalue weighted by molar-refractivity contribution is -0.155. The summed E-state index contributed by atoms with van der Waals surface area (Å²) in [5, 5.41) is 38.4. The highest BCUT2D eigenvalue weighted by atomic mass is 16.6. The number of benzene rings is 2. The number of phenols is 1. The molecule has 3 aliphatic rings. The van der Waals surface area contributed by atoms with E-state index in [-0.39, 0.29) is 39.7 Å². The molecule has 46 heavy (non-hydrogen) atoms. The fourth-order valence-electron chi connectivity index (χ4n) is 7.11. The van der Waals surface area contributed by atoms with Gasteiger partial charge in [0.2, 0.25) is 0 Å². The van der Waals surface area contributed by atoms with Crippen LogP contribution in [0.3, 0.4) is 0 Å². The number of ether oxygens (including phenoxy) is 3. The Morgan fingerprint density at radius 2 is 1.76 bits per heavy atom. The van der Waals surface area contributed by atoms with E-state index in [1.54, 1.807) is 61.5 Å². The van der Waals surface area contributed by atoms with Gasteiger partial charge in [0.1, 0.15) is 17.3 Å². The molecule has 2 heterocycles. The molecule has 0 radical (unpaired) electrons. The number of hydrogen-bond donors (Lipinski definition) is 4. The van der Waals surface area contributed by atoms with Gasteiger partial charge in [-0.1, -0.05) is 48.1 Å². The van der Waals surface area contributed by atoms with Gasteiger partial charge in [-0.25, -0.2) is 4.79 Å². The highest BCUT2D eigenvalue weighted by Gasteiger charge is 2.56. The second kappa shape index (κ2) is 12.3. The zero-order valence-electron chi connectivity index (χ0n) is 26.7. The van der Waals surface area contributed by atoms with Gasteiger partial charge in [0.15, 0.2) is 23.1 Å². The largest absolute Gasteiger partial charge is 0.507 e. The Hall–Kier alpha value is -4.67. The number of cyclic esters (lactones) is 1. The van der Waals surface area contributed by atoms with Crippen LogP contribution < -0.4 is 10.1 Å². The summed E-state index contributed by atoms with van der Waals surface area (Å²) in [6.07, 6.45) is 7.29. The van der Waals surface area contributed by atoms with E-state index in [1.165, 1.54) is 27.2 Å². The fourth-order valence-corrected chi connectivity index (χ4v) is 7.11. The minimum Gasteiger partial charge on any atom is -0.507 e. The van der Waals surface area contributed by atoms with Crippen LogP contribution in [0, 0.1) is 11.8 Å². The van der Waals surface area contributed by atoms with Crippen molar-refractivity contribution in [2.75, 3.05) is 19.5 Å². The molecule has 0 fully saturated rings. The summed E-state index contributed by atoms with van der Waals surface area (Å²) in [5.74, 6) is -4.04. The molecule has 2 aromatic rings. The van der Waals surface area contributed by atoms with Gasteiger partial charge in [-0.05, 0) is 64.0 Å². The molecule has 2 aliphatic heterocycles. The molecular formula is C36H39NO9. The van der Waals surface area contributed by atoms with E-state index >= 15 is 0 Å². The summed E-state index contributed by atoms with van der Waals surface area (Å²) in [4.78, 5) is 39.9. The molecule has 10 heteroatoms. The van der Waals surface area contributed by atoms with Gasteiger partial charge >= 0.3 is 5.97 Å². The third kappa shape index (κ3) is 5.11. The number of carbonyl (C=O) groups is 3. The first kappa shape index (κ1) is 32.7. The Balaban J connectivity index is 1.73. The third-order valence-corrected chi connectivity index (χ3v) is 9.45. The minimum atomic E-state index is -2.14. The highest BCUT2D eigenvalue weighted by molar-refractivity contribution is 6.01. The number of aliphatic hydroxyl groups excluding tert-OH is 1. The SMILES string of the molecule is C/C=C/C=C/C(=O)C1C(c2ccc3c(c2O)C(O)(c2ccc(OC)cc2)C(OC)C(=O)N3)C=C(C)CC1C1(C)OC(=O)C(C)=C1O. The standard InChI is InChI=1S/C36H39NO9/c1-7-8-9-10-27(38)28-24(17-19(2)18-25(28)35(4)31(40)20(3)34(42)46-35)23-15-16-26-29(30(23)39)36(43,32(45-6)33(41)37-26)21-11-13-22(44-5)14-12-21/h7-17,24-25,28,32,39-40,43H,18H2,1-6H3,(H,37,41)/b8-7+,10-9+. The van der Waals surface area contributed by atoms with Crippen molar-refractivity contribution >= 4 is 23.3 Å². The van der Waals surface area contributed by atoms with E-state index in [0.29, 0.717) is 17.7 Å². The zero-order chi connectivity index (χ0) is 33.6. The quantitative estimate of drug-likeness (QED) is 0.135. The maximum absolute atomic E-state index is 14.1. The summed E-state index contributed by atoms with van der Waals surface area (Å²) in [5.41, 5.74) is -1.98. The number of nitrogens with one attached hydrogen (secondary N) is 1. The minimum absolute atomic E-state index is 0.00236. The van der Waals surface area contributed by atoms with E-state index in [1.807, 2.05) is 19.9 Å². The Bertz CT molecular complexity index is 1700. The van der Waals surface area contributed by atoms with Crippen molar-refractivity contribution in [3.63, 3.8) is 0 Å². The summed E-state index contributed by atoms with van der Waals surface area (Å²) in [7, 11) is 2.80.